The second-order valence-corrected chi connectivity index (χ2v) is 6.30. The van der Waals surface area contributed by atoms with E-state index in [1.165, 1.54) is 13.8 Å². The molecule has 0 radical (unpaired) electrons. The fraction of sp³-hybridized carbons (Fsp3) is 0.625. The van der Waals surface area contributed by atoms with E-state index in [4.69, 9.17) is 10.2 Å². The fourth-order valence-corrected chi connectivity index (χ4v) is 0.612. The van der Waals surface area contributed by atoms with Gasteiger partial charge in [-0.15, -0.1) is 0 Å². The van der Waals surface area contributed by atoms with Gasteiger partial charge in [-0.1, -0.05) is 13.2 Å². The summed E-state index contributed by atoms with van der Waals surface area (Å²) in [7, 11) is 0. The molecule has 0 aliphatic carbocycles. The second-order valence-electron chi connectivity index (χ2n) is 6.30. The summed E-state index contributed by atoms with van der Waals surface area (Å²) in [6.07, 6.45) is 1.27. The molecule has 0 bridgehead atoms. The van der Waals surface area contributed by atoms with Crippen molar-refractivity contribution in [1.82, 2.24) is 0 Å². The molecule has 0 aromatic heterocycles. The monoisotopic (exact) mass is 318 g/mol. The average Bonchev–Trinajstić information content (AvgIpc) is 2.26. The van der Waals surface area contributed by atoms with E-state index in [1.54, 1.807) is 27.7 Å². The highest BCUT2D eigenvalue weighted by Gasteiger charge is 2.19. The van der Waals surface area contributed by atoms with Crippen LogP contribution in [0.3, 0.4) is 0 Å². The molecular formula is C16H30O6. The third-order valence-corrected chi connectivity index (χ3v) is 2.08. The molecule has 0 aromatic carbocycles. The molecule has 0 rings (SSSR count). The quantitative estimate of drug-likeness (QED) is 0.579. The van der Waals surface area contributed by atoms with Crippen molar-refractivity contribution < 1.29 is 30.0 Å². The Morgan fingerprint density at radius 2 is 0.909 bits per heavy atom. The van der Waals surface area contributed by atoms with Crippen LogP contribution in [-0.4, -0.2) is 43.6 Å². The summed E-state index contributed by atoms with van der Waals surface area (Å²) in [6.45, 7) is 16.2. The number of aliphatic carboxylic acids is 2. The first-order chi connectivity index (χ1) is 9.49. The summed E-state index contributed by atoms with van der Waals surface area (Å²) < 4.78 is 0. The Morgan fingerprint density at radius 3 is 0.955 bits per heavy atom. The van der Waals surface area contributed by atoms with Crippen LogP contribution in [0.5, 0.6) is 0 Å². The number of hydrogen-bond donors (Lipinski definition) is 4. The van der Waals surface area contributed by atoms with Crippen LogP contribution >= 0.6 is 0 Å². The number of carbonyl (C=O) groups is 2. The molecule has 130 valence electrons. The van der Waals surface area contributed by atoms with Gasteiger partial charge in [-0.3, -0.25) is 0 Å². The van der Waals surface area contributed by atoms with Gasteiger partial charge in [0, 0.05) is 11.1 Å². The molecule has 0 unspecified atom stereocenters. The highest BCUT2D eigenvalue weighted by molar-refractivity contribution is 5.85. The van der Waals surface area contributed by atoms with Crippen LogP contribution in [-0.2, 0) is 9.59 Å². The minimum absolute atomic E-state index is 0.176. The van der Waals surface area contributed by atoms with E-state index >= 15 is 0 Å². The zero-order chi connectivity index (χ0) is 18.7. The highest BCUT2D eigenvalue weighted by atomic mass is 16.4. The van der Waals surface area contributed by atoms with Crippen LogP contribution in [0, 0.1) is 0 Å². The van der Waals surface area contributed by atoms with Crippen molar-refractivity contribution in [1.29, 1.82) is 0 Å². The van der Waals surface area contributed by atoms with Gasteiger partial charge in [0.2, 0.25) is 0 Å². The normalized spacial score (nSPS) is 10.4. The smallest absolute Gasteiger partial charge is 0.330 e. The molecule has 4 N–H and O–H groups in total. The van der Waals surface area contributed by atoms with Crippen LogP contribution in [0.4, 0.5) is 0 Å². The van der Waals surface area contributed by atoms with E-state index < -0.39 is 23.1 Å². The molecule has 0 saturated carbocycles. The summed E-state index contributed by atoms with van der Waals surface area (Å²) in [4.78, 5) is 19.2. The standard InChI is InChI=1S/C8H18O2.2C4H6O2/c1-7(2,9)5-6-8(3,4)10;2*1-3(2)4(5)6/h9-10H,5-6H2,1-4H3;2*1H2,2H3,(H,5,6). The molecule has 22 heavy (non-hydrogen) atoms. The van der Waals surface area contributed by atoms with E-state index in [-0.39, 0.29) is 11.1 Å². The van der Waals surface area contributed by atoms with E-state index in [1.807, 2.05) is 0 Å². The molecule has 0 aliphatic heterocycles. The lowest BCUT2D eigenvalue weighted by Crippen LogP contribution is -2.26. The van der Waals surface area contributed by atoms with Crippen molar-refractivity contribution in [2.75, 3.05) is 0 Å². The van der Waals surface area contributed by atoms with Gasteiger partial charge in [0.05, 0.1) is 11.2 Å². The summed E-state index contributed by atoms with van der Waals surface area (Å²) in [5, 5.41) is 34.3. The van der Waals surface area contributed by atoms with Crippen molar-refractivity contribution in [2.45, 2.75) is 65.6 Å². The first-order valence-corrected chi connectivity index (χ1v) is 6.72. The van der Waals surface area contributed by atoms with E-state index in [0.29, 0.717) is 12.8 Å². The largest absolute Gasteiger partial charge is 0.478 e. The van der Waals surface area contributed by atoms with Gasteiger partial charge in [-0.2, -0.15) is 0 Å². The Kier molecular flexibility index (Phi) is 12.6. The lowest BCUT2D eigenvalue weighted by Gasteiger charge is -2.23. The number of carboxylic acids is 2. The van der Waals surface area contributed by atoms with Gasteiger partial charge in [-0.25, -0.2) is 9.59 Å². The fourth-order valence-electron chi connectivity index (χ4n) is 0.612. The highest BCUT2D eigenvalue weighted by Crippen LogP contribution is 2.17. The third-order valence-electron chi connectivity index (χ3n) is 2.08. The maximum absolute atomic E-state index is 9.60. The van der Waals surface area contributed by atoms with Crippen LogP contribution in [0.1, 0.15) is 54.4 Å². The number of aliphatic hydroxyl groups is 2. The van der Waals surface area contributed by atoms with Gasteiger partial charge in [-0.05, 0) is 54.4 Å². The zero-order valence-electron chi connectivity index (χ0n) is 14.4. The minimum Gasteiger partial charge on any atom is -0.478 e. The third kappa shape index (κ3) is 31.0. The van der Waals surface area contributed by atoms with E-state index in [2.05, 4.69) is 13.2 Å². The van der Waals surface area contributed by atoms with Crippen molar-refractivity contribution in [3.8, 4) is 0 Å². The lowest BCUT2D eigenvalue weighted by molar-refractivity contribution is -0.133. The second kappa shape index (κ2) is 11.0. The number of carboxylic acid groups (broad SMARTS) is 2. The first kappa shape index (κ1) is 25.3. The summed E-state index contributed by atoms with van der Waals surface area (Å²) >= 11 is 0. The van der Waals surface area contributed by atoms with Gasteiger partial charge in [0.1, 0.15) is 0 Å². The molecule has 6 heteroatoms. The molecule has 0 atom stereocenters. The predicted molar refractivity (Wildman–Crippen MR) is 86.7 cm³/mol. The predicted octanol–water partition coefficient (Wildman–Crippen LogP) is 2.60. The van der Waals surface area contributed by atoms with Gasteiger partial charge in [0.15, 0.2) is 0 Å². The van der Waals surface area contributed by atoms with E-state index in [0.717, 1.165) is 0 Å². The average molecular weight is 318 g/mol. The first-order valence-electron chi connectivity index (χ1n) is 6.72. The molecule has 6 nitrogen and oxygen atoms in total. The van der Waals surface area contributed by atoms with Gasteiger partial charge >= 0.3 is 11.9 Å². The molecule has 0 spiro atoms. The van der Waals surface area contributed by atoms with Crippen molar-refractivity contribution in [2.24, 2.45) is 0 Å². The molecule has 0 aromatic rings. The zero-order valence-corrected chi connectivity index (χ0v) is 14.4. The van der Waals surface area contributed by atoms with Crippen LogP contribution in [0.25, 0.3) is 0 Å². The van der Waals surface area contributed by atoms with Crippen molar-refractivity contribution in [3.63, 3.8) is 0 Å². The van der Waals surface area contributed by atoms with E-state index in [9.17, 15) is 19.8 Å². The maximum atomic E-state index is 9.60. The summed E-state index contributed by atoms with van der Waals surface area (Å²) in [5.41, 5.74) is -0.954. The Labute approximate surface area is 132 Å². The van der Waals surface area contributed by atoms with Crippen molar-refractivity contribution in [3.05, 3.63) is 24.3 Å². The number of hydrogen-bond acceptors (Lipinski definition) is 4. The summed E-state index contributed by atoms with van der Waals surface area (Å²) in [5.74, 6) is -1.87. The SMILES string of the molecule is C=C(C)C(=O)O.C=C(C)C(=O)O.CC(C)(O)CCC(C)(C)O. The molecule has 0 fully saturated rings. The molecule has 0 amide bonds. The summed E-state index contributed by atoms with van der Waals surface area (Å²) in [6, 6.07) is 0. The Morgan fingerprint density at radius 1 is 0.773 bits per heavy atom. The lowest BCUT2D eigenvalue weighted by atomic mass is 9.94. The van der Waals surface area contributed by atoms with Crippen LogP contribution < -0.4 is 0 Å². The molecular weight excluding hydrogens is 288 g/mol. The van der Waals surface area contributed by atoms with Crippen LogP contribution in [0.2, 0.25) is 0 Å². The Hall–Kier alpha value is -1.66. The van der Waals surface area contributed by atoms with Gasteiger partial charge < -0.3 is 20.4 Å². The maximum Gasteiger partial charge on any atom is 0.330 e. The Bertz CT molecular complexity index is 320. The van der Waals surface area contributed by atoms with Gasteiger partial charge in [0.25, 0.3) is 0 Å². The molecule has 0 saturated heterocycles. The van der Waals surface area contributed by atoms with Crippen LogP contribution in [0.15, 0.2) is 24.3 Å². The molecule has 0 heterocycles. The topological polar surface area (TPSA) is 115 Å². The Balaban J connectivity index is -0.000000261. The van der Waals surface area contributed by atoms with Crippen molar-refractivity contribution >= 4 is 11.9 Å². The number of rotatable bonds is 5. The minimum atomic E-state index is -0.935. The molecule has 0 aliphatic rings.